The number of ketones is 1. The summed E-state index contributed by atoms with van der Waals surface area (Å²) < 4.78 is 0. The van der Waals surface area contributed by atoms with E-state index in [4.69, 9.17) is 0 Å². The van der Waals surface area contributed by atoms with Crippen LogP contribution in [-0.2, 0) is 4.79 Å². The van der Waals surface area contributed by atoms with Gasteiger partial charge in [-0.1, -0.05) is 18.1 Å². The van der Waals surface area contributed by atoms with Gasteiger partial charge in [-0.15, -0.1) is 0 Å². The molecule has 0 spiro atoms. The second kappa shape index (κ2) is 3.04. The van der Waals surface area contributed by atoms with Crippen molar-refractivity contribution < 1.29 is 4.79 Å². The Morgan fingerprint density at radius 2 is 1.92 bits per heavy atom. The number of Topliss-reactive ketones (excluding diaryl/α,β-unsaturated/α-hetero) is 1. The van der Waals surface area contributed by atoms with Crippen molar-refractivity contribution in [2.45, 2.75) is 47.0 Å². The van der Waals surface area contributed by atoms with Gasteiger partial charge in [0.1, 0.15) is 5.78 Å². The molecule has 0 saturated heterocycles. The van der Waals surface area contributed by atoms with Gasteiger partial charge in [0.25, 0.3) is 0 Å². The summed E-state index contributed by atoms with van der Waals surface area (Å²) in [4.78, 5) is 11.6. The van der Waals surface area contributed by atoms with Crippen LogP contribution in [0.15, 0.2) is 11.1 Å². The SMILES string of the molecule is CCC1=C(C)CCC(=O)C1(C)C. The molecule has 0 aromatic rings. The van der Waals surface area contributed by atoms with Crippen LogP contribution in [0.25, 0.3) is 0 Å². The first-order valence-corrected chi connectivity index (χ1v) is 4.72. The topological polar surface area (TPSA) is 17.1 Å². The van der Waals surface area contributed by atoms with Crippen molar-refractivity contribution in [3.63, 3.8) is 0 Å². The number of hydrogen-bond acceptors (Lipinski definition) is 1. The molecule has 0 amide bonds. The fourth-order valence-corrected chi connectivity index (χ4v) is 2.21. The van der Waals surface area contributed by atoms with Gasteiger partial charge < -0.3 is 0 Å². The van der Waals surface area contributed by atoms with Crippen molar-refractivity contribution in [3.8, 4) is 0 Å². The lowest BCUT2D eigenvalue weighted by atomic mass is 9.71. The summed E-state index contributed by atoms with van der Waals surface area (Å²) in [5.74, 6) is 0.407. The summed E-state index contributed by atoms with van der Waals surface area (Å²) in [6.45, 7) is 8.40. The molecule has 0 heterocycles. The summed E-state index contributed by atoms with van der Waals surface area (Å²) in [5, 5.41) is 0. The number of carbonyl (C=O) groups is 1. The molecular formula is C11H18O. The second-order valence-corrected chi connectivity index (χ2v) is 4.16. The fraction of sp³-hybridized carbons (Fsp3) is 0.727. The normalized spacial score (nSPS) is 23.2. The van der Waals surface area contributed by atoms with Crippen molar-refractivity contribution in [1.82, 2.24) is 0 Å². The Morgan fingerprint density at radius 3 is 2.33 bits per heavy atom. The first-order chi connectivity index (χ1) is 5.50. The third-order valence-corrected chi connectivity index (χ3v) is 3.05. The molecule has 0 N–H and O–H groups in total. The lowest BCUT2D eigenvalue weighted by Gasteiger charge is -2.32. The van der Waals surface area contributed by atoms with E-state index in [2.05, 4.69) is 27.7 Å². The number of allylic oxidation sites excluding steroid dienone is 2. The van der Waals surface area contributed by atoms with Gasteiger partial charge in [-0.05, 0) is 33.6 Å². The molecule has 1 aliphatic carbocycles. The van der Waals surface area contributed by atoms with Crippen molar-refractivity contribution >= 4 is 5.78 Å². The quantitative estimate of drug-likeness (QED) is 0.547. The highest BCUT2D eigenvalue weighted by molar-refractivity contribution is 5.88. The minimum atomic E-state index is -0.183. The second-order valence-electron chi connectivity index (χ2n) is 4.16. The fourth-order valence-electron chi connectivity index (χ4n) is 2.21. The Morgan fingerprint density at radius 1 is 1.33 bits per heavy atom. The third-order valence-electron chi connectivity index (χ3n) is 3.05. The van der Waals surface area contributed by atoms with Gasteiger partial charge in [0, 0.05) is 11.8 Å². The van der Waals surface area contributed by atoms with Gasteiger partial charge >= 0.3 is 0 Å². The van der Waals surface area contributed by atoms with E-state index in [0.29, 0.717) is 5.78 Å². The molecule has 0 aromatic carbocycles. The van der Waals surface area contributed by atoms with E-state index in [1.807, 2.05) is 0 Å². The number of rotatable bonds is 1. The van der Waals surface area contributed by atoms with Crippen LogP contribution in [0.1, 0.15) is 47.0 Å². The molecule has 0 unspecified atom stereocenters. The molecule has 68 valence electrons. The highest BCUT2D eigenvalue weighted by atomic mass is 16.1. The van der Waals surface area contributed by atoms with Crippen LogP contribution in [0.3, 0.4) is 0 Å². The predicted octanol–water partition coefficient (Wildman–Crippen LogP) is 3.10. The van der Waals surface area contributed by atoms with Crippen molar-refractivity contribution in [2.24, 2.45) is 5.41 Å². The number of carbonyl (C=O) groups excluding carboxylic acids is 1. The standard InChI is InChI=1S/C11H18O/c1-5-9-8(2)6-7-10(12)11(9,3)4/h5-7H2,1-4H3. The first kappa shape index (κ1) is 9.50. The molecule has 12 heavy (non-hydrogen) atoms. The Bertz CT molecular complexity index is 233. The number of hydrogen-bond donors (Lipinski definition) is 0. The molecule has 0 aromatic heterocycles. The van der Waals surface area contributed by atoms with E-state index in [0.717, 1.165) is 19.3 Å². The molecule has 0 saturated carbocycles. The highest BCUT2D eigenvalue weighted by Gasteiger charge is 2.34. The van der Waals surface area contributed by atoms with Crippen LogP contribution < -0.4 is 0 Å². The molecule has 0 aliphatic heterocycles. The van der Waals surface area contributed by atoms with E-state index >= 15 is 0 Å². The molecule has 0 fully saturated rings. The summed E-state index contributed by atoms with van der Waals surface area (Å²) >= 11 is 0. The summed E-state index contributed by atoms with van der Waals surface area (Å²) in [6, 6.07) is 0. The molecule has 1 aliphatic rings. The molecule has 1 heteroatoms. The summed E-state index contributed by atoms with van der Waals surface area (Å²) in [5.41, 5.74) is 2.61. The molecule has 1 nitrogen and oxygen atoms in total. The molecule has 0 atom stereocenters. The van der Waals surface area contributed by atoms with Crippen LogP contribution >= 0.6 is 0 Å². The Hall–Kier alpha value is -0.590. The Balaban J connectivity index is 3.09. The van der Waals surface area contributed by atoms with E-state index in [9.17, 15) is 4.79 Å². The van der Waals surface area contributed by atoms with Gasteiger partial charge in [-0.2, -0.15) is 0 Å². The maximum absolute atomic E-state index is 11.6. The lowest BCUT2D eigenvalue weighted by Crippen LogP contribution is -2.30. The average Bonchev–Trinajstić information content (AvgIpc) is 1.98. The minimum Gasteiger partial charge on any atom is -0.299 e. The zero-order chi connectivity index (χ0) is 9.35. The molecular weight excluding hydrogens is 148 g/mol. The Labute approximate surface area is 74.9 Å². The van der Waals surface area contributed by atoms with E-state index in [-0.39, 0.29) is 5.41 Å². The minimum absolute atomic E-state index is 0.183. The molecule has 0 bridgehead atoms. The molecule has 1 rings (SSSR count). The summed E-state index contributed by atoms with van der Waals surface area (Å²) in [7, 11) is 0. The van der Waals surface area contributed by atoms with Gasteiger partial charge in [0.05, 0.1) is 0 Å². The van der Waals surface area contributed by atoms with Gasteiger partial charge in [0.2, 0.25) is 0 Å². The zero-order valence-corrected chi connectivity index (χ0v) is 8.53. The molecule has 0 radical (unpaired) electrons. The lowest BCUT2D eigenvalue weighted by molar-refractivity contribution is -0.126. The predicted molar refractivity (Wildman–Crippen MR) is 51.0 cm³/mol. The van der Waals surface area contributed by atoms with Crippen molar-refractivity contribution in [3.05, 3.63) is 11.1 Å². The van der Waals surface area contributed by atoms with Crippen molar-refractivity contribution in [2.75, 3.05) is 0 Å². The van der Waals surface area contributed by atoms with Gasteiger partial charge in [-0.3, -0.25) is 4.79 Å². The zero-order valence-electron chi connectivity index (χ0n) is 8.53. The highest BCUT2D eigenvalue weighted by Crippen LogP contribution is 2.38. The smallest absolute Gasteiger partial charge is 0.142 e. The average molecular weight is 166 g/mol. The Kier molecular flexibility index (Phi) is 2.41. The van der Waals surface area contributed by atoms with E-state index in [1.54, 1.807) is 0 Å². The van der Waals surface area contributed by atoms with Crippen LogP contribution in [0, 0.1) is 5.41 Å². The largest absolute Gasteiger partial charge is 0.299 e. The van der Waals surface area contributed by atoms with Gasteiger partial charge in [-0.25, -0.2) is 0 Å². The third kappa shape index (κ3) is 1.33. The van der Waals surface area contributed by atoms with Crippen LogP contribution in [0.4, 0.5) is 0 Å². The first-order valence-electron chi connectivity index (χ1n) is 4.72. The van der Waals surface area contributed by atoms with E-state index in [1.165, 1.54) is 11.1 Å². The monoisotopic (exact) mass is 166 g/mol. The maximum Gasteiger partial charge on any atom is 0.142 e. The van der Waals surface area contributed by atoms with Crippen molar-refractivity contribution in [1.29, 1.82) is 0 Å². The van der Waals surface area contributed by atoms with Crippen LogP contribution in [0.2, 0.25) is 0 Å². The van der Waals surface area contributed by atoms with Crippen LogP contribution in [0.5, 0.6) is 0 Å². The maximum atomic E-state index is 11.6. The summed E-state index contributed by atoms with van der Waals surface area (Å²) in [6.07, 6.45) is 2.73. The van der Waals surface area contributed by atoms with Gasteiger partial charge in [0.15, 0.2) is 0 Å². The van der Waals surface area contributed by atoms with Crippen LogP contribution in [-0.4, -0.2) is 5.78 Å². The van der Waals surface area contributed by atoms with E-state index < -0.39 is 0 Å².